The first-order valence-corrected chi connectivity index (χ1v) is 4.56. The third kappa shape index (κ3) is 1.93. The van der Waals surface area contributed by atoms with E-state index < -0.39 is 0 Å². The van der Waals surface area contributed by atoms with Gasteiger partial charge < -0.3 is 4.90 Å². The minimum absolute atomic E-state index is 0.638. The largest absolute Gasteiger partial charge is 0.369 e. The Morgan fingerprint density at radius 2 is 2.13 bits per heavy atom. The van der Waals surface area contributed by atoms with Crippen LogP contribution >= 0.6 is 0 Å². The SMILES string of the molecule is Cc1nnc2ccc(N=CN(C)C)nn12. The van der Waals surface area contributed by atoms with Gasteiger partial charge in [-0.25, -0.2) is 4.99 Å². The van der Waals surface area contributed by atoms with Crippen molar-refractivity contribution in [3.63, 3.8) is 0 Å². The lowest BCUT2D eigenvalue weighted by molar-refractivity contribution is 0.642. The molecule has 2 aromatic heterocycles. The van der Waals surface area contributed by atoms with Crippen LogP contribution in [0.2, 0.25) is 0 Å². The van der Waals surface area contributed by atoms with E-state index >= 15 is 0 Å². The fraction of sp³-hybridized carbons (Fsp3) is 0.333. The molecular weight excluding hydrogens is 192 g/mol. The molecule has 0 aromatic carbocycles. The summed E-state index contributed by atoms with van der Waals surface area (Å²) in [6.45, 7) is 1.85. The number of hydrogen-bond donors (Lipinski definition) is 0. The number of rotatable bonds is 2. The third-order valence-corrected chi connectivity index (χ3v) is 1.83. The van der Waals surface area contributed by atoms with Crippen molar-refractivity contribution in [2.24, 2.45) is 4.99 Å². The van der Waals surface area contributed by atoms with Crippen molar-refractivity contribution < 1.29 is 0 Å². The van der Waals surface area contributed by atoms with Crippen molar-refractivity contribution in [3.05, 3.63) is 18.0 Å². The van der Waals surface area contributed by atoms with E-state index in [1.54, 1.807) is 10.9 Å². The van der Waals surface area contributed by atoms with Gasteiger partial charge in [0.1, 0.15) is 0 Å². The molecule has 0 aliphatic carbocycles. The number of aromatic nitrogens is 4. The van der Waals surface area contributed by atoms with Gasteiger partial charge in [-0.1, -0.05) is 0 Å². The van der Waals surface area contributed by atoms with Crippen molar-refractivity contribution >= 4 is 17.8 Å². The quantitative estimate of drug-likeness (QED) is 0.532. The highest BCUT2D eigenvalue weighted by molar-refractivity contribution is 5.59. The van der Waals surface area contributed by atoms with Gasteiger partial charge in [-0.05, 0) is 19.1 Å². The molecule has 0 amide bonds. The van der Waals surface area contributed by atoms with Crippen LogP contribution in [0.3, 0.4) is 0 Å². The maximum Gasteiger partial charge on any atom is 0.178 e. The monoisotopic (exact) mass is 204 g/mol. The van der Waals surface area contributed by atoms with Gasteiger partial charge in [-0.2, -0.15) is 4.52 Å². The fourth-order valence-electron chi connectivity index (χ4n) is 1.13. The second kappa shape index (κ2) is 3.64. The van der Waals surface area contributed by atoms with Gasteiger partial charge >= 0.3 is 0 Å². The Labute approximate surface area is 87.3 Å². The summed E-state index contributed by atoms with van der Waals surface area (Å²) in [6, 6.07) is 3.65. The Bertz CT molecular complexity index is 498. The molecular formula is C9H12N6. The van der Waals surface area contributed by atoms with Gasteiger partial charge in [0.05, 0.1) is 6.34 Å². The van der Waals surface area contributed by atoms with E-state index in [4.69, 9.17) is 0 Å². The lowest BCUT2D eigenvalue weighted by atomic mass is 10.5. The Kier molecular flexibility index (Phi) is 2.32. The Morgan fingerprint density at radius 3 is 2.87 bits per heavy atom. The van der Waals surface area contributed by atoms with Crippen LogP contribution in [0.25, 0.3) is 5.65 Å². The van der Waals surface area contributed by atoms with Crippen molar-refractivity contribution in [2.75, 3.05) is 14.1 Å². The highest BCUT2D eigenvalue weighted by atomic mass is 15.4. The zero-order valence-corrected chi connectivity index (χ0v) is 8.92. The predicted molar refractivity (Wildman–Crippen MR) is 57.4 cm³/mol. The van der Waals surface area contributed by atoms with Crippen molar-refractivity contribution in [3.8, 4) is 0 Å². The molecule has 0 aliphatic rings. The average molecular weight is 204 g/mol. The van der Waals surface area contributed by atoms with Gasteiger partial charge in [0.25, 0.3) is 0 Å². The van der Waals surface area contributed by atoms with Crippen LogP contribution in [0.5, 0.6) is 0 Å². The summed E-state index contributed by atoms with van der Waals surface area (Å²) < 4.78 is 1.67. The Balaban J connectivity index is 2.41. The topological polar surface area (TPSA) is 58.7 Å². The first-order chi connectivity index (χ1) is 7.16. The summed E-state index contributed by atoms with van der Waals surface area (Å²) in [5, 5.41) is 12.1. The van der Waals surface area contributed by atoms with E-state index in [1.165, 1.54) is 0 Å². The minimum Gasteiger partial charge on any atom is -0.369 e. The summed E-state index contributed by atoms with van der Waals surface area (Å²) in [4.78, 5) is 6.04. The molecule has 2 aromatic rings. The zero-order valence-electron chi connectivity index (χ0n) is 8.92. The van der Waals surface area contributed by atoms with Crippen molar-refractivity contribution in [2.45, 2.75) is 6.92 Å². The molecule has 0 bridgehead atoms. The predicted octanol–water partition coefficient (Wildman–Crippen LogP) is 0.654. The molecule has 78 valence electrons. The molecule has 0 saturated carbocycles. The third-order valence-electron chi connectivity index (χ3n) is 1.83. The summed E-state index contributed by atoms with van der Waals surface area (Å²) >= 11 is 0. The Morgan fingerprint density at radius 1 is 1.33 bits per heavy atom. The number of fused-ring (bicyclic) bond motifs is 1. The smallest absolute Gasteiger partial charge is 0.178 e. The van der Waals surface area contributed by atoms with E-state index in [0.29, 0.717) is 5.82 Å². The second-order valence-electron chi connectivity index (χ2n) is 3.42. The number of aliphatic imine (C=N–C) groups is 1. The van der Waals surface area contributed by atoms with Gasteiger partial charge in [0, 0.05) is 14.1 Å². The van der Waals surface area contributed by atoms with Crippen LogP contribution in [0.4, 0.5) is 5.82 Å². The molecule has 0 unspecified atom stereocenters. The molecule has 0 N–H and O–H groups in total. The standard InChI is InChI=1S/C9H12N6/c1-7-11-12-9-5-4-8(13-15(7)9)10-6-14(2)3/h4-6H,1-3H3. The lowest BCUT2D eigenvalue weighted by Crippen LogP contribution is -2.07. The first kappa shape index (κ1) is 9.57. The van der Waals surface area contributed by atoms with Crippen molar-refractivity contribution in [1.29, 1.82) is 0 Å². The van der Waals surface area contributed by atoms with Crippen LogP contribution in [0, 0.1) is 6.92 Å². The number of aryl methyl sites for hydroxylation is 1. The van der Waals surface area contributed by atoms with Gasteiger partial charge in [0.15, 0.2) is 17.3 Å². The number of nitrogens with zero attached hydrogens (tertiary/aromatic N) is 6. The summed E-state index contributed by atoms with van der Waals surface area (Å²) in [5.41, 5.74) is 0.733. The molecule has 0 radical (unpaired) electrons. The average Bonchev–Trinajstić information content (AvgIpc) is 2.57. The van der Waals surface area contributed by atoms with E-state index in [1.807, 2.05) is 38.1 Å². The highest BCUT2D eigenvalue weighted by Crippen LogP contribution is 2.08. The van der Waals surface area contributed by atoms with Crippen LogP contribution in [0.1, 0.15) is 5.82 Å². The number of hydrogen-bond acceptors (Lipinski definition) is 4. The first-order valence-electron chi connectivity index (χ1n) is 4.56. The molecule has 0 saturated heterocycles. The van der Waals surface area contributed by atoms with Crippen molar-refractivity contribution in [1.82, 2.24) is 24.7 Å². The zero-order chi connectivity index (χ0) is 10.8. The second-order valence-corrected chi connectivity index (χ2v) is 3.42. The van der Waals surface area contributed by atoms with Gasteiger partial charge in [-0.15, -0.1) is 15.3 Å². The fourth-order valence-corrected chi connectivity index (χ4v) is 1.13. The molecule has 15 heavy (non-hydrogen) atoms. The molecule has 2 heterocycles. The normalized spacial score (nSPS) is 11.4. The lowest BCUT2D eigenvalue weighted by Gasteiger charge is -2.01. The Hall–Kier alpha value is -1.98. The maximum atomic E-state index is 4.27. The van der Waals surface area contributed by atoms with Gasteiger partial charge in [0.2, 0.25) is 0 Å². The molecule has 0 atom stereocenters. The van der Waals surface area contributed by atoms with Crippen LogP contribution in [0.15, 0.2) is 17.1 Å². The van der Waals surface area contributed by atoms with Crippen LogP contribution in [-0.2, 0) is 0 Å². The summed E-state index contributed by atoms with van der Waals surface area (Å²) in [6.07, 6.45) is 1.70. The summed E-state index contributed by atoms with van der Waals surface area (Å²) in [7, 11) is 3.82. The van der Waals surface area contributed by atoms with Crippen LogP contribution < -0.4 is 0 Å². The van der Waals surface area contributed by atoms with E-state index in [9.17, 15) is 0 Å². The molecule has 6 heteroatoms. The van der Waals surface area contributed by atoms with E-state index in [-0.39, 0.29) is 0 Å². The minimum atomic E-state index is 0.638. The van der Waals surface area contributed by atoms with E-state index in [2.05, 4.69) is 20.3 Å². The molecule has 0 spiro atoms. The molecule has 2 rings (SSSR count). The maximum absolute atomic E-state index is 4.27. The molecule has 0 fully saturated rings. The summed E-state index contributed by atoms with van der Waals surface area (Å²) in [5.74, 6) is 1.39. The van der Waals surface area contributed by atoms with Gasteiger partial charge in [-0.3, -0.25) is 0 Å². The highest BCUT2D eigenvalue weighted by Gasteiger charge is 2.01. The van der Waals surface area contributed by atoms with E-state index in [0.717, 1.165) is 11.5 Å². The molecule has 0 aliphatic heterocycles. The van der Waals surface area contributed by atoms with Crippen LogP contribution in [-0.4, -0.2) is 45.1 Å². The molecule has 6 nitrogen and oxygen atoms in total.